The third-order valence-electron chi connectivity index (χ3n) is 4.46. The lowest BCUT2D eigenvalue weighted by Gasteiger charge is -2.41. The van der Waals surface area contributed by atoms with Gasteiger partial charge < -0.3 is 10.5 Å². The summed E-state index contributed by atoms with van der Waals surface area (Å²) in [5.74, 6) is 0.436. The number of ether oxygens (including phenoxy) is 1. The monoisotopic (exact) mass is 305 g/mol. The second kappa shape index (κ2) is 6.70. The van der Waals surface area contributed by atoms with E-state index in [1.165, 1.54) is 0 Å². The highest BCUT2D eigenvalue weighted by Crippen LogP contribution is 2.27. The van der Waals surface area contributed by atoms with Gasteiger partial charge in [-0.15, -0.1) is 0 Å². The van der Waals surface area contributed by atoms with Gasteiger partial charge in [0.2, 0.25) is 0 Å². The third kappa shape index (κ3) is 3.33. The van der Waals surface area contributed by atoms with Gasteiger partial charge in [0.25, 0.3) is 10.2 Å². The highest BCUT2D eigenvalue weighted by atomic mass is 32.2. The molecule has 2 aliphatic rings. The Kier molecular flexibility index (Phi) is 5.42. The van der Waals surface area contributed by atoms with Gasteiger partial charge in [0.05, 0.1) is 6.10 Å². The molecule has 2 N–H and O–H groups in total. The summed E-state index contributed by atoms with van der Waals surface area (Å²) in [6.07, 6.45) is 3.61. The van der Waals surface area contributed by atoms with Crippen LogP contribution >= 0.6 is 0 Å². The van der Waals surface area contributed by atoms with Gasteiger partial charge in [-0.05, 0) is 31.6 Å². The van der Waals surface area contributed by atoms with Crippen molar-refractivity contribution in [2.75, 3.05) is 33.3 Å². The average molecular weight is 305 g/mol. The second-order valence-electron chi connectivity index (χ2n) is 6.00. The smallest absolute Gasteiger partial charge is 0.282 e. The molecule has 0 radical (unpaired) electrons. The minimum atomic E-state index is -3.38. The van der Waals surface area contributed by atoms with E-state index in [0.717, 1.165) is 19.3 Å². The molecule has 3 unspecified atom stereocenters. The molecule has 2 aliphatic heterocycles. The Labute approximate surface area is 122 Å². The van der Waals surface area contributed by atoms with Gasteiger partial charge >= 0.3 is 0 Å². The van der Waals surface area contributed by atoms with E-state index in [1.807, 2.05) is 0 Å². The van der Waals surface area contributed by atoms with Crippen LogP contribution in [-0.2, 0) is 14.9 Å². The van der Waals surface area contributed by atoms with Crippen molar-refractivity contribution in [3.05, 3.63) is 0 Å². The first-order valence-electron chi connectivity index (χ1n) is 7.48. The Hall–Kier alpha value is -0.210. The summed E-state index contributed by atoms with van der Waals surface area (Å²) in [6, 6.07) is -0.143. The van der Waals surface area contributed by atoms with Crippen LogP contribution in [0.15, 0.2) is 0 Å². The lowest BCUT2D eigenvalue weighted by Crippen LogP contribution is -2.56. The molecule has 118 valence electrons. The lowest BCUT2D eigenvalue weighted by molar-refractivity contribution is 0.0379. The minimum Gasteiger partial charge on any atom is -0.381 e. The van der Waals surface area contributed by atoms with E-state index < -0.39 is 10.2 Å². The summed E-state index contributed by atoms with van der Waals surface area (Å²) in [6.45, 7) is 4.23. The second-order valence-corrected chi connectivity index (χ2v) is 7.88. The van der Waals surface area contributed by atoms with Gasteiger partial charge in [-0.25, -0.2) is 0 Å². The molecule has 0 amide bonds. The summed E-state index contributed by atoms with van der Waals surface area (Å²) < 4.78 is 34.2. The molecule has 6 nitrogen and oxygen atoms in total. The van der Waals surface area contributed by atoms with Crippen molar-refractivity contribution in [1.29, 1.82) is 0 Å². The van der Waals surface area contributed by atoms with Crippen LogP contribution in [0.2, 0.25) is 0 Å². The van der Waals surface area contributed by atoms with E-state index in [-0.39, 0.29) is 12.1 Å². The number of nitrogens with two attached hydrogens (primary N) is 1. The number of nitrogens with zero attached hydrogens (tertiary/aromatic N) is 2. The molecule has 3 atom stereocenters. The zero-order valence-electron chi connectivity index (χ0n) is 12.5. The van der Waals surface area contributed by atoms with Crippen molar-refractivity contribution in [3.8, 4) is 0 Å². The molecule has 7 heteroatoms. The molecule has 2 saturated heterocycles. The summed E-state index contributed by atoms with van der Waals surface area (Å²) in [5.41, 5.74) is 5.78. The predicted octanol–water partition coefficient (Wildman–Crippen LogP) is 0.401. The first kappa shape index (κ1) is 16.2. The molecule has 0 saturated carbocycles. The van der Waals surface area contributed by atoms with E-state index in [4.69, 9.17) is 10.5 Å². The van der Waals surface area contributed by atoms with Crippen LogP contribution in [0.1, 0.15) is 32.6 Å². The molecule has 0 spiro atoms. The van der Waals surface area contributed by atoms with Crippen molar-refractivity contribution in [3.63, 3.8) is 0 Å². The molecule has 20 heavy (non-hydrogen) atoms. The molecule has 2 rings (SSSR count). The SMILES string of the molecule is COC1CCN(S(=O)(=O)N2CCCC(C)C2)C(CN)C1. The van der Waals surface area contributed by atoms with Crippen LogP contribution in [0, 0.1) is 5.92 Å². The van der Waals surface area contributed by atoms with Crippen LogP contribution in [0.25, 0.3) is 0 Å². The minimum absolute atomic E-state index is 0.121. The van der Waals surface area contributed by atoms with Gasteiger partial charge in [-0.1, -0.05) is 6.92 Å². The van der Waals surface area contributed by atoms with E-state index >= 15 is 0 Å². The summed E-state index contributed by atoms with van der Waals surface area (Å²) in [7, 11) is -1.70. The largest absolute Gasteiger partial charge is 0.381 e. The maximum atomic E-state index is 12.8. The van der Waals surface area contributed by atoms with Gasteiger partial charge in [-0.3, -0.25) is 0 Å². The summed E-state index contributed by atoms with van der Waals surface area (Å²) in [5, 5.41) is 0. The van der Waals surface area contributed by atoms with E-state index in [0.29, 0.717) is 38.5 Å². The summed E-state index contributed by atoms with van der Waals surface area (Å²) >= 11 is 0. The first-order chi connectivity index (χ1) is 9.48. The predicted molar refractivity (Wildman–Crippen MR) is 78.5 cm³/mol. The molecule has 0 aliphatic carbocycles. The fraction of sp³-hybridized carbons (Fsp3) is 1.00. The molecular formula is C13H27N3O3S. The molecule has 2 fully saturated rings. The van der Waals surface area contributed by atoms with E-state index in [9.17, 15) is 8.42 Å². The van der Waals surface area contributed by atoms with Crippen LogP contribution in [0.5, 0.6) is 0 Å². The molecule has 0 bridgehead atoms. The van der Waals surface area contributed by atoms with Crippen LogP contribution in [-0.4, -0.2) is 62.5 Å². The Morgan fingerprint density at radius 2 is 2.05 bits per heavy atom. The number of hydrogen-bond donors (Lipinski definition) is 1. The van der Waals surface area contributed by atoms with Crippen LogP contribution in [0.3, 0.4) is 0 Å². The molecule has 0 aromatic rings. The molecule has 2 heterocycles. The van der Waals surface area contributed by atoms with Crippen molar-refractivity contribution in [2.45, 2.75) is 44.8 Å². The van der Waals surface area contributed by atoms with Crippen LogP contribution < -0.4 is 5.73 Å². The Bertz CT molecular complexity index is 415. The third-order valence-corrected chi connectivity index (χ3v) is 6.52. The maximum absolute atomic E-state index is 12.8. The molecule has 0 aromatic heterocycles. The van der Waals surface area contributed by atoms with E-state index in [2.05, 4.69) is 6.92 Å². The van der Waals surface area contributed by atoms with Crippen molar-refractivity contribution < 1.29 is 13.2 Å². The normalized spacial score (nSPS) is 34.2. The Morgan fingerprint density at radius 3 is 2.65 bits per heavy atom. The average Bonchev–Trinajstić information content (AvgIpc) is 2.46. The Balaban J connectivity index is 2.11. The maximum Gasteiger partial charge on any atom is 0.282 e. The van der Waals surface area contributed by atoms with Gasteiger partial charge in [0.15, 0.2) is 0 Å². The van der Waals surface area contributed by atoms with Crippen molar-refractivity contribution >= 4 is 10.2 Å². The number of methoxy groups -OCH3 is 1. The fourth-order valence-corrected chi connectivity index (χ4v) is 5.21. The summed E-state index contributed by atoms with van der Waals surface area (Å²) in [4.78, 5) is 0. The first-order valence-corrected chi connectivity index (χ1v) is 8.88. The van der Waals surface area contributed by atoms with E-state index in [1.54, 1.807) is 15.7 Å². The topological polar surface area (TPSA) is 75.9 Å². The number of hydrogen-bond acceptors (Lipinski definition) is 4. The number of rotatable bonds is 4. The highest BCUT2D eigenvalue weighted by molar-refractivity contribution is 7.86. The van der Waals surface area contributed by atoms with Gasteiger partial charge in [0, 0.05) is 39.3 Å². The van der Waals surface area contributed by atoms with Crippen molar-refractivity contribution in [1.82, 2.24) is 8.61 Å². The fourth-order valence-electron chi connectivity index (χ4n) is 3.23. The standard InChI is InChI=1S/C13H27N3O3S/c1-11-4-3-6-15(10-11)20(17,18)16-7-5-13(19-2)8-12(16)9-14/h11-13H,3-10,14H2,1-2H3. The highest BCUT2D eigenvalue weighted by Gasteiger charge is 2.39. The number of piperidine rings is 2. The van der Waals surface area contributed by atoms with Gasteiger partial charge in [-0.2, -0.15) is 17.0 Å². The zero-order chi connectivity index (χ0) is 14.8. The quantitative estimate of drug-likeness (QED) is 0.816. The van der Waals surface area contributed by atoms with Gasteiger partial charge in [0.1, 0.15) is 0 Å². The lowest BCUT2D eigenvalue weighted by atomic mass is 10.0. The van der Waals surface area contributed by atoms with Crippen LogP contribution in [0.4, 0.5) is 0 Å². The van der Waals surface area contributed by atoms with Crippen molar-refractivity contribution in [2.24, 2.45) is 11.7 Å². The molecule has 0 aromatic carbocycles. The zero-order valence-corrected chi connectivity index (χ0v) is 13.3. The Morgan fingerprint density at radius 1 is 1.30 bits per heavy atom. The molecular weight excluding hydrogens is 278 g/mol.